The minimum absolute atomic E-state index is 0.0776. The van der Waals surface area contributed by atoms with E-state index in [2.05, 4.69) is 32.9 Å². The molecule has 2 aromatic carbocycles. The van der Waals surface area contributed by atoms with Gasteiger partial charge in [-0.3, -0.25) is 4.79 Å². The largest absolute Gasteiger partial charge is 0.497 e. The summed E-state index contributed by atoms with van der Waals surface area (Å²) >= 11 is 0. The summed E-state index contributed by atoms with van der Waals surface area (Å²) in [5, 5.41) is 0. The van der Waals surface area contributed by atoms with E-state index in [0.717, 1.165) is 35.5 Å². The predicted molar refractivity (Wildman–Crippen MR) is 108 cm³/mol. The Morgan fingerprint density at radius 3 is 2.22 bits per heavy atom. The fraction of sp³-hybridized carbons (Fsp3) is 0.435. The molecule has 0 heterocycles. The van der Waals surface area contributed by atoms with Gasteiger partial charge >= 0.3 is 0 Å². The fourth-order valence-electron chi connectivity index (χ4n) is 3.20. The Morgan fingerprint density at radius 1 is 1.04 bits per heavy atom. The van der Waals surface area contributed by atoms with Crippen molar-refractivity contribution in [2.45, 2.75) is 51.6 Å². The minimum Gasteiger partial charge on any atom is -0.497 e. The second kappa shape index (κ2) is 7.63. The topological polar surface area (TPSA) is 38.8 Å². The van der Waals surface area contributed by atoms with Gasteiger partial charge in [0.1, 0.15) is 11.5 Å². The van der Waals surface area contributed by atoms with E-state index in [9.17, 15) is 4.79 Å². The maximum atomic E-state index is 13.2. The van der Waals surface area contributed by atoms with Crippen LogP contribution in [0.1, 0.15) is 55.1 Å². The summed E-state index contributed by atoms with van der Waals surface area (Å²) in [6, 6.07) is 14.1. The van der Waals surface area contributed by atoms with Crippen molar-refractivity contribution in [3.63, 3.8) is 0 Å². The van der Waals surface area contributed by atoms with E-state index in [1.54, 1.807) is 14.2 Å². The van der Waals surface area contributed by atoms with Crippen molar-refractivity contribution in [3.8, 4) is 11.5 Å². The normalized spacial score (nSPS) is 14.0. The Bertz CT molecular complexity index is 801. The summed E-state index contributed by atoms with van der Waals surface area (Å²) in [4.78, 5) is 15.1. The second-order valence-electron chi connectivity index (χ2n) is 8.17. The van der Waals surface area contributed by atoms with Gasteiger partial charge in [-0.15, -0.1) is 0 Å². The number of hydrogen-bond donors (Lipinski definition) is 0. The molecule has 0 radical (unpaired) electrons. The van der Waals surface area contributed by atoms with Gasteiger partial charge in [0, 0.05) is 29.8 Å². The number of rotatable bonds is 6. The first-order chi connectivity index (χ1) is 12.8. The lowest BCUT2D eigenvalue weighted by Gasteiger charge is -2.25. The molecule has 1 fully saturated rings. The zero-order valence-corrected chi connectivity index (χ0v) is 16.9. The molecule has 1 aliphatic carbocycles. The second-order valence-corrected chi connectivity index (χ2v) is 8.17. The van der Waals surface area contributed by atoms with E-state index in [1.807, 2.05) is 35.2 Å². The highest BCUT2D eigenvalue weighted by Gasteiger charge is 2.33. The van der Waals surface area contributed by atoms with Crippen LogP contribution in [0.15, 0.2) is 42.5 Å². The van der Waals surface area contributed by atoms with Gasteiger partial charge < -0.3 is 14.4 Å². The van der Waals surface area contributed by atoms with E-state index in [1.165, 1.54) is 5.56 Å². The molecule has 0 unspecified atom stereocenters. The fourth-order valence-corrected chi connectivity index (χ4v) is 3.20. The molecule has 0 atom stereocenters. The highest BCUT2D eigenvalue weighted by atomic mass is 16.5. The van der Waals surface area contributed by atoms with Crippen molar-refractivity contribution >= 4 is 5.91 Å². The number of amides is 1. The number of nitrogens with zero attached hydrogens (tertiary/aromatic N) is 1. The van der Waals surface area contributed by atoms with Gasteiger partial charge in [0.15, 0.2) is 0 Å². The first-order valence-electron chi connectivity index (χ1n) is 9.46. The van der Waals surface area contributed by atoms with Gasteiger partial charge in [0.05, 0.1) is 14.2 Å². The molecular formula is C23H29NO3. The Morgan fingerprint density at radius 2 is 1.70 bits per heavy atom. The Balaban J connectivity index is 1.83. The van der Waals surface area contributed by atoms with Gasteiger partial charge in [-0.05, 0) is 48.1 Å². The maximum absolute atomic E-state index is 13.2. The van der Waals surface area contributed by atoms with E-state index in [0.29, 0.717) is 12.6 Å². The van der Waals surface area contributed by atoms with Gasteiger partial charge in [0.2, 0.25) is 0 Å². The molecule has 3 rings (SSSR count). The lowest BCUT2D eigenvalue weighted by Crippen LogP contribution is -2.32. The number of carbonyl (C=O) groups is 1. The summed E-state index contributed by atoms with van der Waals surface area (Å²) in [6.45, 7) is 7.07. The van der Waals surface area contributed by atoms with Crippen LogP contribution in [-0.4, -0.2) is 31.1 Å². The predicted octanol–water partition coefficient (Wildman–Crippen LogP) is 4.81. The molecule has 4 nitrogen and oxygen atoms in total. The Hall–Kier alpha value is -2.49. The van der Waals surface area contributed by atoms with Crippen LogP contribution in [-0.2, 0) is 12.0 Å². The molecule has 4 heteroatoms. The van der Waals surface area contributed by atoms with E-state index in [4.69, 9.17) is 9.47 Å². The molecule has 27 heavy (non-hydrogen) atoms. The standard InChI is InChI=1S/C23H29NO3/c1-23(2,3)18-9-6-16(7-10-18)22(25)24(19-11-12-19)15-17-8-13-20(26-4)14-21(17)27-5/h6-10,13-14,19H,11-12,15H2,1-5H3. The summed E-state index contributed by atoms with van der Waals surface area (Å²) in [6.07, 6.45) is 2.12. The summed E-state index contributed by atoms with van der Waals surface area (Å²) in [5.41, 5.74) is 3.04. The van der Waals surface area contributed by atoms with E-state index in [-0.39, 0.29) is 11.3 Å². The van der Waals surface area contributed by atoms with Crippen LogP contribution in [0, 0.1) is 0 Å². The van der Waals surface area contributed by atoms with E-state index < -0.39 is 0 Å². The first kappa shape index (κ1) is 19.3. The Labute approximate surface area is 162 Å². The maximum Gasteiger partial charge on any atom is 0.254 e. The van der Waals surface area contributed by atoms with Gasteiger partial charge in [0.25, 0.3) is 5.91 Å². The van der Waals surface area contributed by atoms with Crippen LogP contribution in [0.25, 0.3) is 0 Å². The molecule has 0 aromatic heterocycles. The number of methoxy groups -OCH3 is 2. The van der Waals surface area contributed by atoms with E-state index >= 15 is 0 Å². The van der Waals surface area contributed by atoms with Crippen molar-refractivity contribution in [2.75, 3.05) is 14.2 Å². The SMILES string of the molecule is COc1ccc(CN(C(=O)c2ccc(C(C)(C)C)cc2)C2CC2)c(OC)c1. The lowest BCUT2D eigenvalue weighted by molar-refractivity contribution is 0.0728. The third-order valence-corrected chi connectivity index (χ3v) is 5.08. The third-order valence-electron chi connectivity index (χ3n) is 5.08. The Kier molecular flexibility index (Phi) is 5.45. The van der Waals surface area contributed by atoms with Gasteiger partial charge in [-0.2, -0.15) is 0 Å². The summed E-state index contributed by atoms with van der Waals surface area (Å²) < 4.78 is 10.8. The minimum atomic E-state index is 0.0776. The molecule has 0 saturated heterocycles. The van der Waals surface area contributed by atoms with Crippen LogP contribution in [0.4, 0.5) is 0 Å². The zero-order valence-electron chi connectivity index (χ0n) is 16.9. The number of hydrogen-bond acceptors (Lipinski definition) is 3. The number of ether oxygens (including phenoxy) is 2. The average Bonchev–Trinajstić information content (AvgIpc) is 3.50. The molecule has 1 saturated carbocycles. The summed E-state index contributed by atoms with van der Waals surface area (Å²) in [5.74, 6) is 1.57. The number of benzene rings is 2. The van der Waals surface area contributed by atoms with Crippen molar-refractivity contribution in [1.82, 2.24) is 4.90 Å². The highest BCUT2D eigenvalue weighted by Crippen LogP contribution is 2.33. The van der Waals surface area contributed by atoms with Crippen LogP contribution in [0.2, 0.25) is 0 Å². The molecule has 0 spiro atoms. The van der Waals surface area contributed by atoms with Crippen LogP contribution in [0.3, 0.4) is 0 Å². The van der Waals surface area contributed by atoms with Crippen molar-refractivity contribution in [3.05, 3.63) is 59.2 Å². The van der Waals surface area contributed by atoms with Crippen molar-refractivity contribution in [1.29, 1.82) is 0 Å². The molecular weight excluding hydrogens is 338 g/mol. The first-order valence-corrected chi connectivity index (χ1v) is 9.46. The monoisotopic (exact) mass is 367 g/mol. The molecule has 0 aliphatic heterocycles. The lowest BCUT2D eigenvalue weighted by atomic mass is 9.86. The van der Waals surface area contributed by atoms with Crippen LogP contribution < -0.4 is 9.47 Å². The van der Waals surface area contributed by atoms with Gasteiger partial charge in [-0.1, -0.05) is 32.9 Å². The molecule has 144 valence electrons. The van der Waals surface area contributed by atoms with Crippen molar-refractivity contribution in [2.24, 2.45) is 0 Å². The molecule has 0 bridgehead atoms. The van der Waals surface area contributed by atoms with Crippen molar-refractivity contribution < 1.29 is 14.3 Å². The molecule has 1 aliphatic rings. The zero-order chi connectivity index (χ0) is 19.6. The van der Waals surface area contributed by atoms with Crippen LogP contribution in [0.5, 0.6) is 11.5 Å². The average molecular weight is 367 g/mol. The number of carbonyl (C=O) groups excluding carboxylic acids is 1. The quantitative estimate of drug-likeness (QED) is 0.736. The smallest absolute Gasteiger partial charge is 0.254 e. The molecule has 1 amide bonds. The third kappa shape index (κ3) is 4.44. The highest BCUT2D eigenvalue weighted by molar-refractivity contribution is 5.94. The molecule has 0 N–H and O–H groups in total. The van der Waals surface area contributed by atoms with Crippen LogP contribution >= 0.6 is 0 Å². The van der Waals surface area contributed by atoms with Gasteiger partial charge in [-0.25, -0.2) is 0 Å². The molecule has 2 aromatic rings. The summed E-state index contributed by atoms with van der Waals surface area (Å²) in [7, 11) is 3.28.